The molecular formula is C22H22N2O6. The summed E-state index contributed by atoms with van der Waals surface area (Å²) in [5.41, 5.74) is 2.64. The highest BCUT2D eigenvalue weighted by atomic mass is 16.5. The van der Waals surface area contributed by atoms with E-state index < -0.39 is 30.5 Å². The molecule has 0 radical (unpaired) electrons. The number of fused-ring (bicyclic) bond motifs is 1. The zero-order chi connectivity index (χ0) is 21.5. The lowest BCUT2D eigenvalue weighted by Gasteiger charge is -2.18. The maximum Gasteiger partial charge on any atom is 0.338 e. The minimum Gasteiger partial charge on any atom is -0.467 e. The van der Waals surface area contributed by atoms with Gasteiger partial charge in [-0.25, -0.2) is 9.59 Å². The smallest absolute Gasteiger partial charge is 0.338 e. The third-order valence-corrected chi connectivity index (χ3v) is 4.67. The van der Waals surface area contributed by atoms with Gasteiger partial charge < -0.3 is 20.1 Å². The quantitative estimate of drug-likeness (QED) is 0.672. The van der Waals surface area contributed by atoms with Crippen molar-refractivity contribution < 1.29 is 28.7 Å². The summed E-state index contributed by atoms with van der Waals surface area (Å²) < 4.78 is 9.83. The average molecular weight is 410 g/mol. The standard InChI is InChI=1S/C22H22N2O6/c1-29-22(28)18(11-14-5-3-2-4-6-14)24-20(26)13-30-21(27)16-7-9-17-15(12-16)8-10-19(25)23-17/h2-7,9,12,18H,8,10-11,13H2,1H3,(H,23,25)(H,24,26). The molecule has 0 aromatic heterocycles. The molecule has 2 aromatic rings. The maximum atomic E-state index is 12.3. The van der Waals surface area contributed by atoms with Crippen molar-refractivity contribution in [3.05, 3.63) is 65.2 Å². The molecule has 0 saturated heterocycles. The molecule has 2 aromatic carbocycles. The topological polar surface area (TPSA) is 111 Å². The van der Waals surface area contributed by atoms with Crippen LogP contribution in [0.2, 0.25) is 0 Å². The number of hydrogen-bond acceptors (Lipinski definition) is 6. The Hall–Kier alpha value is -3.68. The van der Waals surface area contributed by atoms with Gasteiger partial charge in [-0.2, -0.15) is 0 Å². The van der Waals surface area contributed by atoms with Gasteiger partial charge in [0.05, 0.1) is 12.7 Å². The summed E-state index contributed by atoms with van der Waals surface area (Å²) in [6, 6.07) is 13.1. The van der Waals surface area contributed by atoms with E-state index in [1.165, 1.54) is 13.2 Å². The fraction of sp³-hybridized carbons (Fsp3) is 0.273. The molecule has 1 unspecified atom stereocenters. The molecule has 2 amide bonds. The van der Waals surface area contributed by atoms with Crippen LogP contribution in [0.3, 0.4) is 0 Å². The van der Waals surface area contributed by atoms with Crippen LogP contribution in [0.25, 0.3) is 0 Å². The normalized spacial score (nSPS) is 13.4. The van der Waals surface area contributed by atoms with Gasteiger partial charge in [-0.3, -0.25) is 9.59 Å². The number of rotatable bonds is 7. The number of aryl methyl sites for hydroxylation is 1. The van der Waals surface area contributed by atoms with Crippen molar-refractivity contribution in [3.8, 4) is 0 Å². The molecule has 1 heterocycles. The summed E-state index contributed by atoms with van der Waals surface area (Å²) in [5.74, 6) is -1.93. The summed E-state index contributed by atoms with van der Waals surface area (Å²) in [6.45, 7) is -0.533. The predicted molar refractivity (Wildman–Crippen MR) is 108 cm³/mol. The second kappa shape index (κ2) is 9.69. The molecule has 0 saturated carbocycles. The molecule has 2 N–H and O–H groups in total. The summed E-state index contributed by atoms with van der Waals surface area (Å²) in [4.78, 5) is 47.9. The van der Waals surface area contributed by atoms with Gasteiger partial charge in [-0.1, -0.05) is 30.3 Å². The number of hydrogen-bond donors (Lipinski definition) is 2. The van der Waals surface area contributed by atoms with Gasteiger partial charge in [0, 0.05) is 18.5 Å². The van der Waals surface area contributed by atoms with Crippen LogP contribution < -0.4 is 10.6 Å². The van der Waals surface area contributed by atoms with Crippen molar-refractivity contribution in [3.63, 3.8) is 0 Å². The zero-order valence-electron chi connectivity index (χ0n) is 16.5. The molecule has 1 atom stereocenters. The summed E-state index contributed by atoms with van der Waals surface area (Å²) in [7, 11) is 1.24. The van der Waals surface area contributed by atoms with E-state index >= 15 is 0 Å². The minimum absolute atomic E-state index is 0.0647. The van der Waals surface area contributed by atoms with Crippen LogP contribution in [0.1, 0.15) is 27.9 Å². The van der Waals surface area contributed by atoms with Gasteiger partial charge in [-0.05, 0) is 35.7 Å². The first-order valence-corrected chi connectivity index (χ1v) is 9.47. The van der Waals surface area contributed by atoms with Crippen molar-refractivity contribution in [1.29, 1.82) is 0 Å². The average Bonchev–Trinajstić information content (AvgIpc) is 2.76. The first kappa shape index (κ1) is 21.0. The number of benzene rings is 2. The van der Waals surface area contributed by atoms with E-state index in [2.05, 4.69) is 10.6 Å². The maximum absolute atomic E-state index is 12.3. The highest BCUT2D eigenvalue weighted by molar-refractivity contribution is 5.96. The Morgan fingerprint density at radius 1 is 1.10 bits per heavy atom. The molecule has 0 aliphatic carbocycles. The van der Waals surface area contributed by atoms with E-state index in [4.69, 9.17) is 9.47 Å². The summed E-state index contributed by atoms with van der Waals surface area (Å²) >= 11 is 0. The van der Waals surface area contributed by atoms with Crippen LogP contribution >= 0.6 is 0 Å². The highest BCUT2D eigenvalue weighted by Gasteiger charge is 2.23. The Kier molecular flexibility index (Phi) is 6.79. The molecule has 156 valence electrons. The van der Waals surface area contributed by atoms with Gasteiger partial charge in [0.25, 0.3) is 5.91 Å². The van der Waals surface area contributed by atoms with Crippen molar-refractivity contribution in [1.82, 2.24) is 5.32 Å². The number of nitrogens with one attached hydrogen (secondary N) is 2. The zero-order valence-corrected chi connectivity index (χ0v) is 16.5. The van der Waals surface area contributed by atoms with E-state index in [1.807, 2.05) is 30.3 Å². The fourth-order valence-corrected chi connectivity index (χ4v) is 3.15. The van der Waals surface area contributed by atoms with Crippen molar-refractivity contribution in [2.45, 2.75) is 25.3 Å². The molecule has 0 spiro atoms. The van der Waals surface area contributed by atoms with Crippen LogP contribution in [0, 0.1) is 0 Å². The monoisotopic (exact) mass is 410 g/mol. The number of ether oxygens (including phenoxy) is 2. The molecule has 30 heavy (non-hydrogen) atoms. The Balaban J connectivity index is 1.56. The minimum atomic E-state index is -0.893. The van der Waals surface area contributed by atoms with Crippen LogP contribution in [0.5, 0.6) is 0 Å². The lowest BCUT2D eigenvalue weighted by atomic mass is 10.0. The first-order valence-electron chi connectivity index (χ1n) is 9.47. The van der Waals surface area contributed by atoms with Crippen LogP contribution in [-0.4, -0.2) is 43.5 Å². The number of anilines is 1. The third kappa shape index (κ3) is 5.44. The number of amides is 2. The molecule has 1 aliphatic rings. The molecule has 8 heteroatoms. The summed E-state index contributed by atoms with van der Waals surface area (Å²) in [6.07, 6.45) is 1.14. The second-order valence-corrected chi connectivity index (χ2v) is 6.83. The van der Waals surface area contributed by atoms with Crippen molar-refractivity contribution in [2.24, 2.45) is 0 Å². The predicted octanol–water partition coefficient (Wildman–Crippen LogP) is 1.63. The van der Waals surface area contributed by atoms with Gasteiger partial charge in [0.15, 0.2) is 6.61 Å². The van der Waals surface area contributed by atoms with E-state index in [9.17, 15) is 19.2 Å². The second-order valence-electron chi connectivity index (χ2n) is 6.83. The third-order valence-electron chi connectivity index (χ3n) is 4.67. The van der Waals surface area contributed by atoms with E-state index in [-0.39, 0.29) is 17.9 Å². The molecule has 3 rings (SSSR count). The Bertz CT molecular complexity index is 957. The van der Waals surface area contributed by atoms with Crippen molar-refractivity contribution in [2.75, 3.05) is 19.0 Å². The highest BCUT2D eigenvalue weighted by Crippen LogP contribution is 2.23. The molecule has 0 fully saturated rings. The van der Waals surface area contributed by atoms with Gasteiger partial charge in [0.1, 0.15) is 6.04 Å². The Labute approximate surface area is 173 Å². The van der Waals surface area contributed by atoms with Crippen molar-refractivity contribution >= 4 is 29.4 Å². The number of carbonyl (C=O) groups excluding carboxylic acids is 4. The first-order chi connectivity index (χ1) is 14.5. The SMILES string of the molecule is COC(=O)C(Cc1ccccc1)NC(=O)COC(=O)c1ccc2c(c1)CCC(=O)N2. The number of esters is 2. The lowest BCUT2D eigenvalue weighted by molar-refractivity contribution is -0.145. The van der Waals surface area contributed by atoms with E-state index in [0.29, 0.717) is 18.5 Å². The van der Waals surface area contributed by atoms with Gasteiger partial charge in [-0.15, -0.1) is 0 Å². The molecule has 0 bridgehead atoms. The largest absolute Gasteiger partial charge is 0.467 e. The van der Waals surface area contributed by atoms with Crippen LogP contribution in [0.15, 0.2) is 48.5 Å². The molecular weight excluding hydrogens is 388 g/mol. The lowest BCUT2D eigenvalue weighted by Crippen LogP contribution is -2.44. The van der Waals surface area contributed by atoms with Gasteiger partial charge >= 0.3 is 11.9 Å². The molecule has 1 aliphatic heterocycles. The summed E-state index contributed by atoms with van der Waals surface area (Å²) in [5, 5.41) is 5.27. The number of methoxy groups -OCH3 is 1. The van der Waals surface area contributed by atoms with Gasteiger partial charge in [0.2, 0.25) is 5.91 Å². The van der Waals surface area contributed by atoms with E-state index in [1.54, 1.807) is 12.1 Å². The fourth-order valence-electron chi connectivity index (χ4n) is 3.15. The van der Waals surface area contributed by atoms with Crippen LogP contribution in [-0.2, 0) is 36.7 Å². The molecule has 8 nitrogen and oxygen atoms in total. The van der Waals surface area contributed by atoms with Crippen LogP contribution in [0.4, 0.5) is 5.69 Å². The Morgan fingerprint density at radius 3 is 2.60 bits per heavy atom. The van der Waals surface area contributed by atoms with E-state index in [0.717, 1.165) is 11.1 Å². The number of carbonyl (C=O) groups is 4. The Morgan fingerprint density at radius 2 is 1.87 bits per heavy atom.